The van der Waals surface area contributed by atoms with Gasteiger partial charge in [0.15, 0.2) is 12.2 Å². The number of unbranched alkanes of at least 4 members (excludes halogenated alkanes) is 38. The lowest BCUT2D eigenvalue weighted by molar-refractivity contribution is -0.161. The third-order valence-corrected chi connectivity index (χ3v) is 17.2. The van der Waals surface area contributed by atoms with Gasteiger partial charge in [0.25, 0.3) is 0 Å². The molecular weight excluding hydrogens is 1130 g/mol. The zero-order chi connectivity index (χ0) is 62.8. The van der Waals surface area contributed by atoms with Crippen molar-refractivity contribution < 1.29 is 80.2 Å². The number of carbonyl (C=O) groups excluding carboxylic acids is 4. The van der Waals surface area contributed by atoms with Crippen LogP contribution < -0.4 is 0 Å². The Bertz CT molecular complexity index is 1650. The van der Waals surface area contributed by atoms with Gasteiger partial charge >= 0.3 is 39.5 Å². The van der Waals surface area contributed by atoms with Gasteiger partial charge in [-0.25, -0.2) is 9.13 Å². The molecule has 0 fully saturated rings. The van der Waals surface area contributed by atoms with Crippen molar-refractivity contribution in [2.75, 3.05) is 39.6 Å². The summed E-state index contributed by atoms with van der Waals surface area (Å²) in [4.78, 5) is 72.3. The third kappa shape index (κ3) is 60.7. The van der Waals surface area contributed by atoms with Crippen molar-refractivity contribution in [2.45, 2.75) is 355 Å². The lowest BCUT2D eigenvalue weighted by Crippen LogP contribution is -2.30. The van der Waals surface area contributed by atoms with E-state index in [1.165, 1.54) is 154 Å². The fraction of sp³-hybridized carbons (Fsp3) is 0.939. The number of phosphoric ester groups is 2. The maximum Gasteiger partial charge on any atom is 0.472 e. The number of aliphatic hydroxyl groups excluding tert-OH is 1. The Morgan fingerprint density at radius 3 is 0.800 bits per heavy atom. The maximum absolute atomic E-state index is 13.0. The molecule has 0 spiro atoms. The second-order valence-corrected chi connectivity index (χ2v) is 27.2. The fourth-order valence-electron chi connectivity index (χ4n) is 9.94. The summed E-state index contributed by atoms with van der Waals surface area (Å²) in [5.74, 6) is -1.39. The molecule has 5 atom stereocenters. The molecule has 0 bridgehead atoms. The zero-order valence-corrected chi connectivity index (χ0v) is 56.5. The van der Waals surface area contributed by atoms with E-state index in [0.717, 1.165) is 102 Å². The number of hydrogen-bond acceptors (Lipinski definition) is 15. The van der Waals surface area contributed by atoms with Crippen molar-refractivity contribution in [1.82, 2.24) is 0 Å². The lowest BCUT2D eigenvalue weighted by Gasteiger charge is -2.21. The van der Waals surface area contributed by atoms with Crippen molar-refractivity contribution >= 4 is 39.5 Å². The highest BCUT2D eigenvalue weighted by Crippen LogP contribution is 2.45. The van der Waals surface area contributed by atoms with Gasteiger partial charge in [0.2, 0.25) is 0 Å². The number of ether oxygens (including phenoxy) is 4. The van der Waals surface area contributed by atoms with Crippen molar-refractivity contribution in [2.24, 2.45) is 5.92 Å². The Hall–Kier alpha value is -1.94. The van der Waals surface area contributed by atoms with E-state index in [0.29, 0.717) is 25.7 Å². The van der Waals surface area contributed by atoms with Crippen molar-refractivity contribution in [3.8, 4) is 0 Å². The summed E-state index contributed by atoms with van der Waals surface area (Å²) in [5, 5.41) is 10.5. The van der Waals surface area contributed by atoms with Crippen LogP contribution in [0.4, 0.5) is 0 Å². The van der Waals surface area contributed by atoms with Crippen LogP contribution in [0, 0.1) is 5.92 Å². The first kappa shape index (κ1) is 83.1. The molecule has 0 saturated carbocycles. The fourth-order valence-corrected chi connectivity index (χ4v) is 11.5. The first-order chi connectivity index (χ1) is 41.0. The number of carbonyl (C=O) groups is 4. The van der Waals surface area contributed by atoms with Crippen molar-refractivity contribution in [3.63, 3.8) is 0 Å². The molecule has 504 valence electrons. The van der Waals surface area contributed by atoms with Crippen LogP contribution in [0.15, 0.2) is 0 Å². The topological polar surface area (TPSA) is 237 Å². The summed E-state index contributed by atoms with van der Waals surface area (Å²) in [7, 11) is -9.89. The van der Waals surface area contributed by atoms with Gasteiger partial charge < -0.3 is 33.8 Å². The Kier molecular flexibility index (Phi) is 58.3. The molecule has 0 rings (SSSR count). The molecule has 85 heavy (non-hydrogen) atoms. The molecule has 3 N–H and O–H groups in total. The smallest absolute Gasteiger partial charge is 0.462 e. The minimum Gasteiger partial charge on any atom is -0.462 e. The van der Waals surface area contributed by atoms with Crippen LogP contribution in [-0.2, 0) is 65.4 Å². The van der Waals surface area contributed by atoms with Crippen LogP contribution in [-0.4, -0.2) is 96.7 Å². The quantitative estimate of drug-likeness (QED) is 0.0222. The van der Waals surface area contributed by atoms with Crippen LogP contribution in [0.1, 0.15) is 336 Å². The second kappa shape index (κ2) is 59.7. The van der Waals surface area contributed by atoms with E-state index >= 15 is 0 Å². The van der Waals surface area contributed by atoms with Crippen LogP contribution >= 0.6 is 15.6 Å². The minimum absolute atomic E-state index is 0.107. The molecule has 0 aromatic rings. The Labute approximate surface area is 517 Å². The molecule has 17 nitrogen and oxygen atoms in total. The summed E-state index contributed by atoms with van der Waals surface area (Å²) < 4.78 is 68.1. The second-order valence-electron chi connectivity index (χ2n) is 24.3. The van der Waals surface area contributed by atoms with E-state index in [4.69, 9.17) is 37.0 Å². The molecule has 0 aromatic carbocycles. The summed E-state index contributed by atoms with van der Waals surface area (Å²) in [6.07, 6.45) is 44.4. The van der Waals surface area contributed by atoms with E-state index < -0.39 is 97.5 Å². The van der Waals surface area contributed by atoms with Gasteiger partial charge in [0.05, 0.1) is 26.4 Å². The van der Waals surface area contributed by atoms with Gasteiger partial charge in [0.1, 0.15) is 19.3 Å². The predicted molar refractivity (Wildman–Crippen MR) is 340 cm³/mol. The lowest BCUT2D eigenvalue weighted by atomic mass is 10.0. The molecule has 0 amide bonds. The zero-order valence-electron chi connectivity index (χ0n) is 54.7. The molecule has 0 aliphatic heterocycles. The molecule has 19 heteroatoms. The molecule has 0 aliphatic carbocycles. The minimum atomic E-state index is -4.95. The van der Waals surface area contributed by atoms with Gasteiger partial charge in [0, 0.05) is 25.7 Å². The van der Waals surface area contributed by atoms with E-state index in [2.05, 4.69) is 34.6 Å². The molecule has 0 aromatic heterocycles. The molecule has 0 heterocycles. The van der Waals surface area contributed by atoms with Gasteiger partial charge in [-0.2, -0.15) is 0 Å². The monoisotopic (exact) mass is 1250 g/mol. The predicted octanol–water partition coefficient (Wildman–Crippen LogP) is 18.6. The average Bonchev–Trinajstić information content (AvgIpc) is 3.60. The SMILES string of the molecule is CCCCCCCCCCCCCCCCC(=O)O[C@H](COC(=O)CCCCCCCCCCCC(C)C)COP(=O)(O)OC[C@@H](O)COP(=O)(O)OC[C@@H](COC(=O)CCCCCCCCCC)OC(=O)CCCCCCCCCCCCC. The Morgan fingerprint density at radius 1 is 0.318 bits per heavy atom. The molecule has 2 unspecified atom stereocenters. The van der Waals surface area contributed by atoms with Gasteiger partial charge in [-0.1, -0.05) is 285 Å². The van der Waals surface area contributed by atoms with Crippen LogP contribution in [0.5, 0.6) is 0 Å². The summed E-state index contributed by atoms with van der Waals surface area (Å²) in [5.41, 5.74) is 0. The number of aliphatic hydroxyl groups is 1. The Morgan fingerprint density at radius 2 is 0.541 bits per heavy atom. The van der Waals surface area contributed by atoms with Crippen molar-refractivity contribution in [1.29, 1.82) is 0 Å². The first-order valence-corrected chi connectivity index (χ1v) is 37.6. The standard InChI is InChI=1S/C66H128O17P2/c1-6-9-12-15-18-21-23-24-25-27-31-37-42-47-52-66(71)83-62(56-77-64(69)50-45-40-35-32-28-29-33-38-43-48-59(4)5)58-81-85(74,75)79-54-60(67)53-78-84(72,73)80-57-61(55-76-63(68)49-44-39-34-20-17-14-11-8-3)82-65(70)51-46-41-36-30-26-22-19-16-13-10-7-2/h59-62,67H,6-58H2,1-5H3,(H,72,73)(H,74,75)/t60-,61+,62+/m0/s1. The summed E-state index contributed by atoms with van der Waals surface area (Å²) in [6.45, 7) is 7.17. The Balaban J connectivity index is 5.23. The highest BCUT2D eigenvalue weighted by Gasteiger charge is 2.30. The van der Waals surface area contributed by atoms with Gasteiger partial charge in [-0.15, -0.1) is 0 Å². The third-order valence-electron chi connectivity index (χ3n) is 15.3. The van der Waals surface area contributed by atoms with E-state index in [9.17, 15) is 43.2 Å². The number of rotatable bonds is 66. The summed E-state index contributed by atoms with van der Waals surface area (Å²) >= 11 is 0. The molecule has 0 saturated heterocycles. The highest BCUT2D eigenvalue weighted by molar-refractivity contribution is 7.47. The van der Waals surface area contributed by atoms with E-state index in [-0.39, 0.29) is 25.7 Å². The molecule has 0 radical (unpaired) electrons. The largest absolute Gasteiger partial charge is 0.472 e. The maximum atomic E-state index is 13.0. The number of phosphoric acid groups is 2. The van der Waals surface area contributed by atoms with E-state index in [1.807, 2.05) is 0 Å². The summed E-state index contributed by atoms with van der Waals surface area (Å²) in [6, 6.07) is 0. The molecular formula is C66H128O17P2. The van der Waals surface area contributed by atoms with Gasteiger partial charge in [-0.05, 0) is 31.6 Å². The van der Waals surface area contributed by atoms with Crippen molar-refractivity contribution in [3.05, 3.63) is 0 Å². The van der Waals surface area contributed by atoms with Crippen LogP contribution in [0.3, 0.4) is 0 Å². The number of hydrogen-bond donors (Lipinski definition) is 3. The normalized spacial score (nSPS) is 14.2. The molecule has 0 aliphatic rings. The number of esters is 4. The van der Waals surface area contributed by atoms with Crippen LogP contribution in [0.25, 0.3) is 0 Å². The van der Waals surface area contributed by atoms with E-state index in [1.54, 1.807) is 0 Å². The first-order valence-electron chi connectivity index (χ1n) is 34.6. The van der Waals surface area contributed by atoms with Crippen LogP contribution in [0.2, 0.25) is 0 Å². The van der Waals surface area contributed by atoms with Gasteiger partial charge in [-0.3, -0.25) is 37.3 Å². The highest BCUT2D eigenvalue weighted by atomic mass is 31.2. The average molecular weight is 1260 g/mol.